The van der Waals surface area contributed by atoms with Gasteiger partial charge in [0.15, 0.2) is 11.6 Å². The fraction of sp³-hybridized carbons (Fsp3) is 0.250. The van der Waals surface area contributed by atoms with Crippen LogP contribution in [0.3, 0.4) is 0 Å². The van der Waals surface area contributed by atoms with Crippen LogP contribution in [0, 0.1) is 11.6 Å². The SMILES string of the molecule is CN1CCC[C@H](Nc2nccc(-c3cccnc3Oc3ccc([C@@H](NS(=O)[O-])c4ccccc4)c(F)c3F)n2)C1. The van der Waals surface area contributed by atoms with Gasteiger partial charge < -0.3 is 19.5 Å². The Labute approximate surface area is 233 Å². The van der Waals surface area contributed by atoms with E-state index in [1.54, 1.807) is 54.7 Å². The van der Waals surface area contributed by atoms with Gasteiger partial charge in [-0.1, -0.05) is 36.4 Å². The van der Waals surface area contributed by atoms with E-state index in [2.05, 4.69) is 36.9 Å². The molecule has 0 spiro atoms. The third-order valence-corrected chi connectivity index (χ3v) is 7.03. The smallest absolute Gasteiger partial charge is 0.228 e. The van der Waals surface area contributed by atoms with Gasteiger partial charge in [-0.25, -0.2) is 24.1 Å². The summed E-state index contributed by atoms with van der Waals surface area (Å²) in [6.45, 7) is 1.93. The van der Waals surface area contributed by atoms with Crippen molar-refractivity contribution in [2.45, 2.75) is 24.9 Å². The van der Waals surface area contributed by atoms with Crippen molar-refractivity contribution >= 4 is 17.2 Å². The monoisotopic (exact) mass is 565 g/mol. The number of likely N-dealkylation sites (tertiary alicyclic amines) is 1. The van der Waals surface area contributed by atoms with Crippen molar-refractivity contribution in [1.29, 1.82) is 0 Å². The molecule has 5 rings (SSSR count). The molecule has 2 N–H and O–H groups in total. The summed E-state index contributed by atoms with van der Waals surface area (Å²) >= 11 is -2.73. The average molecular weight is 566 g/mol. The van der Waals surface area contributed by atoms with Crippen LogP contribution < -0.4 is 14.8 Å². The Morgan fingerprint density at radius 3 is 2.65 bits per heavy atom. The molecule has 12 heteroatoms. The van der Waals surface area contributed by atoms with Crippen LogP contribution in [-0.4, -0.2) is 54.8 Å². The van der Waals surface area contributed by atoms with Gasteiger partial charge in [-0.3, -0.25) is 4.21 Å². The van der Waals surface area contributed by atoms with Gasteiger partial charge in [0.05, 0.1) is 17.3 Å². The van der Waals surface area contributed by atoms with Crippen molar-refractivity contribution in [3.63, 3.8) is 0 Å². The number of halogens is 2. The molecule has 0 aliphatic carbocycles. The summed E-state index contributed by atoms with van der Waals surface area (Å²) in [6, 6.07) is 15.0. The summed E-state index contributed by atoms with van der Waals surface area (Å²) < 4.78 is 61.4. The predicted molar refractivity (Wildman–Crippen MR) is 146 cm³/mol. The van der Waals surface area contributed by atoms with Crippen LogP contribution in [0.1, 0.15) is 30.0 Å². The highest BCUT2D eigenvalue weighted by molar-refractivity contribution is 7.77. The molecule has 3 heterocycles. The first kappa shape index (κ1) is 27.7. The zero-order chi connectivity index (χ0) is 28.1. The second-order valence-corrected chi connectivity index (χ2v) is 10.2. The van der Waals surface area contributed by atoms with Crippen molar-refractivity contribution in [1.82, 2.24) is 24.6 Å². The molecule has 1 unspecified atom stereocenters. The Balaban J connectivity index is 1.42. The number of ether oxygens (including phenoxy) is 1. The molecule has 0 amide bonds. The number of hydrogen-bond acceptors (Lipinski definition) is 8. The number of likely N-dealkylation sites (N-methyl/N-ethyl adjacent to an activating group) is 1. The van der Waals surface area contributed by atoms with Gasteiger partial charge in [0.1, 0.15) is 0 Å². The van der Waals surface area contributed by atoms with E-state index in [1.165, 1.54) is 18.3 Å². The molecule has 1 fully saturated rings. The molecule has 3 atom stereocenters. The van der Waals surface area contributed by atoms with Gasteiger partial charge in [-0.15, -0.1) is 0 Å². The summed E-state index contributed by atoms with van der Waals surface area (Å²) in [7, 11) is 2.07. The van der Waals surface area contributed by atoms with Gasteiger partial charge in [0.25, 0.3) is 0 Å². The van der Waals surface area contributed by atoms with E-state index in [4.69, 9.17) is 4.74 Å². The van der Waals surface area contributed by atoms with Crippen LogP contribution in [0.4, 0.5) is 14.7 Å². The van der Waals surface area contributed by atoms with Crippen LogP contribution in [0.2, 0.25) is 0 Å². The summed E-state index contributed by atoms with van der Waals surface area (Å²) in [6.07, 6.45) is 5.16. The number of anilines is 1. The van der Waals surface area contributed by atoms with Gasteiger partial charge in [-0.2, -0.15) is 4.39 Å². The third-order valence-electron chi connectivity index (χ3n) is 6.60. The number of benzene rings is 2. The first-order valence-electron chi connectivity index (χ1n) is 12.7. The Hall–Kier alpha value is -3.84. The van der Waals surface area contributed by atoms with E-state index >= 15 is 8.78 Å². The molecular formula is C28H27F2N6O3S-. The molecule has 208 valence electrons. The lowest BCUT2D eigenvalue weighted by atomic mass is 9.99. The van der Waals surface area contributed by atoms with Gasteiger partial charge >= 0.3 is 0 Å². The predicted octanol–water partition coefficient (Wildman–Crippen LogP) is 4.59. The number of nitrogens with one attached hydrogen (secondary N) is 2. The number of piperidine rings is 1. The first-order chi connectivity index (χ1) is 19.4. The second kappa shape index (κ2) is 12.6. The van der Waals surface area contributed by atoms with E-state index < -0.39 is 34.7 Å². The maximum Gasteiger partial charge on any atom is 0.228 e. The van der Waals surface area contributed by atoms with E-state index in [0.717, 1.165) is 25.9 Å². The zero-order valence-electron chi connectivity index (χ0n) is 21.6. The minimum absolute atomic E-state index is 0.0222. The van der Waals surface area contributed by atoms with Crippen LogP contribution in [0.5, 0.6) is 11.6 Å². The highest BCUT2D eigenvalue weighted by Crippen LogP contribution is 2.35. The van der Waals surface area contributed by atoms with Crippen molar-refractivity contribution < 1.29 is 22.3 Å². The van der Waals surface area contributed by atoms with Gasteiger partial charge in [0.2, 0.25) is 17.6 Å². The molecule has 1 aliphatic heterocycles. The molecule has 2 aromatic heterocycles. The molecule has 0 saturated carbocycles. The maximum absolute atomic E-state index is 15.3. The fourth-order valence-electron chi connectivity index (χ4n) is 4.72. The van der Waals surface area contributed by atoms with E-state index in [-0.39, 0.29) is 17.5 Å². The Morgan fingerprint density at radius 1 is 1.05 bits per heavy atom. The second-order valence-electron chi connectivity index (χ2n) is 9.45. The minimum atomic E-state index is -2.73. The summed E-state index contributed by atoms with van der Waals surface area (Å²) in [5.74, 6) is -2.46. The normalized spacial score (nSPS) is 17.2. The third kappa shape index (κ3) is 6.48. The number of aromatic nitrogens is 3. The standard InChI is InChI=1S/C28H28F2N6O3S/c1-36-16-6-9-19(17-36)33-28-32-15-13-22(34-28)20-10-5-14-31-27(20)39-23-12-11-21(24(29)25(23)30)26(35-40(37)38)18-7-3-2-4-8-18/h2-5,7-8,10-15,19,26,35H,6,9,16-17H2,1H3,(H,37,38)(H,32,33,34)/p-1/t19-,26-/m0/s1. The highest BCUT2D eigenvalue weighted by Gasteiger charge is 2.24. The van der Waals surface area contributed by atoms with Crippen LogP contribution in [0.15, 0.2) is 73.1 Å². The molecule has 2 aromatic carbocycles. The summed E-state index contributed by atoms with van der Waals surface area (Å²) in [5.41, 5.74) is 1.21. The zero-order valence-corrected chi connectivity index (χ0v) is 22.4. The van der Waals surface area contributed by atoms with E-state index in [0.29, 0.717) is 22.8 Å². The largest absolute Gasteiger partial charge is 0.760 e. The summed E-state index contributed by atoms with van der Waals surface area (Å²) in [5, 5.41) is 3.37. The molecule has 40 heavy (non-hydrogen) atoms. The van der Waals surface area contributed by atoms with Gasteiger partial charge in [0, 0.05) is 41.8 Å². The molecular weight excluding hydrogens is 538 g/mol. The Morgan fingerprint density at radius 2 is 1.88 bits per heavy atom. The number of pyridine rings is 1. The van der Waals surface area contributed by atoms with Crippen LogP contribution in [-0.2, 0) is 11.3 Å². The number of rotatable bonds is 9. The van der Waals surface area contributed by atoms with Crippen LogP contribution >= 0.6 is 0 Å². The molecule has 4 aromatic rings. The molecule has 0 bridgehead atoms. The minimum Gasteiger partial charge on any atom is -0.760 e. The lowest BCUT2D eigenvalue weighted by Crippen LogP contribution is -2.40. The molecule has 9 nitrogen and oxygen atoms in total. The Bertz CT molecular complexity index is 1500. The van der Waals surface area contributed by atoms with Crippen molar-refractivity contribution in [2.24, 2.45) is 0 Å². The topological polar surface area (TPSA) is 115 Å². The van der Waals surface area contributed by atoms with Crippen molar-refractivity contribution in [2.75, 3.05) is 25.5 Å². The summed E-state index contributed by atoms with van der Waals surface area (Å²) in [4.78, 5) is 15.4. The average Bonchev–Trinajstić information content (AvgIpc) is 2.95. The molecule has 1 aliphatic rings. The van der Waals surface area contributed by atoms with E-state index in [9.17, 15) is 8.76 Å². The van der Waals surface area contributed by atoms with Crippen molar-refractivity contribution in [3.8, 4) is 22.9 Å². The Kier molecular flexibility index (Phi) is 8.70. The van der Waals surface area contributed by atoms with Gasteiger partial charge in [-0.05, 0) is 56.3 Å². The van der Waals surface area contributed by atoms with Crippen molar-refractivity contribution in [3.05, 3.63) is 95.8 Å². The van der Waals surface area contributed by atoms with Crippen LogP contribution in [0.25, 0.3) is 11.3 Å². The molecule has 0 radical (unpaired) electrons. The lowest BCUT2D eigenvalue weighted by Gasteiger charge is -2.30. The number of nitrogens with zero attached hydrogens (tertiary/aromatic N) is 4. The van der Waals surface area contributed by atoms with E-state index in [1.807, 2.05) is 0 Å². The fourth-order valence-corrected chi connectivity index (χ4v) is 5.17. The molecule has 1 saturated heterocycles. The highest BCUT2D eigenvalue weighted by atomic mass is 32.2. The lowest BCUT2D eigenvalue weighted by molar-refractivity contribution is 0.260. The number of hydrogen-bond donors (Lipinski definition) is 2. The maximum atomic E-state index is 15.3. The quantitative estimate of drug-likeness (QED) is 0.283. The first-order valence-corrected chi connectivity index (χ1v) is 13.8.